The van der Waals surface area contributed by atoms with Crippen LogP contribution in [0.4, 0.5) is 0 Å². The molecule has 0 N–H and O–H groups in total. The number of esters is 1. The molecule has 7 nitrogen and oxygen atoms in total. The molecule has 0 aromatic carbocycles. The lowest BCUT2D eigenvalue weighted by Gasteiger charge is -2.21. The Balaban J connectivity index is 2.34. The highest BCUT2D eigenvalue weighted by Gasteiger charge is 2.28. The van der Waals surface area contributed by atoms with E-state index in [4.69, 9.17) is 9.47 Å². The summed E-state index contributed by atoms with van der Waals surface area (Å²) in [4.78, 5) is 40.5. The Kier molecular flexibility index (Phi) is 8.16. The van der Waals surface area contributed by atoms with Gasteiger partial charge >= 0.3 is 5.97 Å². The Bertz CT molecular complexity index is 870. The summed E-state index contributed by atoms with van der Waals surface area (Å²) in [7, 11) is 2.92. The zero-order valence-corrected chi connectivity index (χ0v) is 18.4. The fourth-order valence-electron chi connectivity index (χ4n) is 3.52. The number of thiophene rings is 1. The van der Waals surface area contributed by atoms with Crippen LogP contribution in [0, 0.1) is 13.8 Å². The van der Waals surface area contributed by atoms with Crippen molar-refractivity contribution >= 4 is 29.0 Å². The van der Waals surface area contributed by atoms with Gasteiger partial charge in [0.15, 0.2) is 5.78 Å². The van der Waals surface area contributed by atoms with Gasteiger partial charge in [0.25, 0.3) is 5.91 Å². The molecular formula is C21H28N2O5S. The Morgan fingerprint density at radius 2 is 1.93 bits per heavy atom. The first-order valence-corrected chi connectivity index (χ1v) is 10.4. The van der Waals surface area contributed by atoms with Crippen molar-refractivity contribution in [2.75, 3.05) is 33.9 Å². The van der Waals surface area contributed by atoms with Gasteiger partial charge in [0.1, 0.15) is 5.69 Å². The monoisotopic (exact) mass is 420 g/mol. The quantitative estimate of drug-likeness (QED) is 0.335. The molecule has 2 aromatic rings. The van der Waals surface area contributed by atoms with Gasteiger partial charge in [-0.2, -0.15) is 0 Å². The van der Waals surface area contributed by atoms with Crippen LogP contribution in [0.1, 0.15) is 55.1 Å². The number of Topliss-reactive ketones (excluding diaryl/α,β-unsaturated/α-hetero) is 1. The molecule has 0 atom stereocenters. The Labute approximate surface area is 175 Å². The van der Waals surface area contributed by atoms with Crippen LogP contribution >= 0.6 is 11.3 Å². The normalized spacial score (nSPS) is 10.8. The van der Waals surface area contributed by atoms with Crippen molar-refractivity contribution in [2.45, 2.75) is 33.7 Å². The number of rotatable bonds is 10. The lowest BCUT2D eigenvalue weighted by molar-refractivity contribution is 0.0587. The molecule has 2 aromatic heterocycles. The van der Waals surface area contributed by atoms with Gasteiger partial charge in [-0.25, -0.2) is 4.79 Å². The zero-order valence-electron chi connectivity index (χ0n) is 17.6. The molecule has 158 valence electrons. The summed E-state index contributed by atoms with van der Waals surface area (Å²) in [5.41, 5.74) is 2.15. The number of aromatic nitrogens is 1. The number of hydrogen-bond acceptors (Lipinski definition) is 6. The maximum absolute atomic E-state index is 13.2. The van der Waals surface area contributed by atoms with Crippen molar-refractivity contribution in [2.24, 2.45) is 0 Å². The minimum atomic E-state index is -0.474. The average molecular weight is 421 g/mol. The zero-order chi connectivity index (χ0) is 21.6. The number of methoxy groups -OCH3 is 2. The van der Waals surface area contributed by atoms with E-state index in [9.17, 15) is 14.4 Å². The predicted molar refractivity (Wildman–Crippen MR) is 112 cm³/mol. The number of carbonyl (C=O) groups is 3. The molecular weight excluding hydrogens is 392 g/mol. The maximum atomic E-state index is 13.2. The molecule has 0 fully saturated rings. The van der Waals surface area contributed by atoms with E-state index in [1.807, 2.05) is 25.3 Å². The van der Waals surface area contributed by atoms with Gasteiger partial charge < -0.3 is 18.9 Å². The molecule has 0 radical (unpaired) electrons. The fourth-order valence-corrected chi connectivity index (χ4v) is 4.21. The number of ketones is 1. The molecule has 0 bridgehead atoms. The van der Waals surface area contributed by atoms with E-state index < -0.39 is 5.97 Å². The number of hydrogen-bond donors (Lipinski definition) is 0. The summed E-state index contributed by atoms with van der Waals surface area (Å²) in [6, 6.07) is 3.56. The van der Waals surface area contributed by atoms with Crippen LogP contribution in [0.25, 0.3) is 0 Å². The lowest BCUT2D eigenvalue weighted by atomic mass is 10.0. The fraction of sp³-hybridized carbons (Fsp3) is 0.476. The van der Waals surface area contributed by atoms with Crippen LogP contribution in [0.15, 0.2) is 17.5 Å². The van der Waals surface area contributed by atoms with Crippen LogP contribution in [0.2, 0.25) is 0 Å². The maximum Gasteiger partial charge on any atom is 0.354 e. The van der Waals surface area contributed by atoms with Crippen molar-refractivity contribution in [1.82, 2.24) is 9.47 Å². The van der Waals surface area contributed by atoms with E-state index in [0.717, 1.165) is 0 Å². The third-order valence-corrected chi connectivity index (χ3v) is 5.73. The van der Waals surface area contributed by atoms with E-state index in [1.165, 1.54) is 18.4 Å². The predicted octanol–water partition coefficient (Wildman–Crippen LogP) is 3.33. The molecule has 0 aliphatic carbocycles. The van der Waals surface area contributed by atoms with E-state index in [0.29, 0.717) is 53.5 Å². The third kappa shape index (κ3) is 4.94. The Morgan fingerprint density at radius 3 is 2.48 bits per heavy atom. The number of carbonyl (C=O) groups excluding carboxylic acids is 3. The van der Waals surface area contributed by atoms with Crippen LogP contribution in [-0.4, -0.2) is 61.0 Å². The summed E-state index contributed by atoms with van der Waals surface area (Å²) < 4.78 is 11.8. The minimum absolute atomic E-state index is 0.0591. The van der Waals surface area contributed by atoms with Gasteiger partial charge in [0, 0.05) is 38.1 Å². The smallest absolute Gasteiger partial charge is 0.354 e. The molecule has 0 unspecified atom stereocenters. The topological polar surface area (TPSA) is 77.8 Å². The van der Waals surface area contributed by atoms with Crippen molar-refractivity contribution in [3.63, 3.8) is 0 Å². The summed E-state index contributed by atoms with van der Waals surface area (Å²) in [6.07, 6.45) is 0.627. The Hall–Kier alpha value is -2.45. The summed E-state index contributed by atoms with van der Waals surface area (Å²) >= 11 is 1.35. The average Bonchev–Trinajstić information content (AvgIpc) is 3.32. The molecule has 1 amide bonds. The van der Waals surface area contributed by atoms with Crippen LogP contribution in [-0.2, 0) is 16.0 Å². The first-order valence-electron chi connectivity index (χ1n) is 9.50. The third-order valence-electron chi connectivity index (χ3n) is 4.87. The van der Waals surface area contributed by atoms with E-state index in [1.54, 1.807) is 29.6 Å². The minimum Gasteiger partial charge on any atom is -0.464 e. The molecule has 2 heterocycles. The molecule has 8 heteroatoms. The highest BCUT2D eigenvalue weighted by atomic mass is 32.1. The van der Waals surface area contributed by atoms with Gasteiger partial charge in [-0.3, -0.25) is 9.59 Å². The lowest BCUT2D eigenvalue weighted by Crippen LogP contribution is -2.37. The van der Waals surface area contributed by atoms with Gasteiger partial charge in [0.05, 0.1) is 18.5 Å². The van der Waals surface area contributed by atoms with Crippen molar-refractivity contribution in [1.29, 1.82) is 0 Å². The van der Waals surface area contributed by atoms with Gasteiger partial charge in [-0.1, -0.05) is 6.07 Å². The molecule has 29 heavy (non-hydrogen) atoms. The second kappa shape index (κ2) is 10.4. The SMILES string of the molecule is CCn1c(C)c(C(=O)CN(CCCOC)C(=O)c2cccs2)c(C)c1C(=O)OC. The van der Waals surface area contributed by atoms with Crippen molar-refractivity contribution in [3.05, 3.63) is 44.9 Å². The van der Waals surface area contributed by atoms with Crippen molar-refractivity contribution in [3.8, 4) is 0 Å². The van der Waals surface area contributed by atoms with Crippen LogP contribution < -0.4 is 0 Å². The Morgan fingerprint density at radius 1 is 1.21 bits per heavy atom. The highest BCUT2D eigenvalue weighted by molar-refractivity contribution is 7.12. The van der Waals surface area contributed by atoms with Gasteiger partial charge in [-0.05, 0) is 44.2 Å². The van der Waals surface area contributed by atoms with E-state index in [-0.39, 0.29) is 18.2 Å². The number of amides is 1. The van der Waals surface area contributed by atoms with E-state index >= 15 is 0 Å². The van der Waals surface area contributed by atoms with Gasteiger partial charge in [-0.15, -0.1) is 11.3 Å². The second-order valence-electron chi connectivity index (χ2n) is 6.64. The molecule has 0 aliphatic heterocycles. The molecule has 0 aliphatic rings. The highest BCUT2D eigenvalue weighted by Crippen LogP contribution is 2.24. The van der Waals surface area contributed by atoms with E-state index in [2.05, 4.69) is 0 Å². The first kappa shape index (κ1) is 22.8. The molecule has 0 saturated carbocycles. The summed E-state index contributed by atoms with van der Waals surface area (Å²) in [5.74, 6) is -0.847. The number of nitrogens with zero attached hydrogens (tertiary/aromatic N) is 2. The van der Waals surface area contributed by atoms with Crippen LogP contribution in [0.3, 0.4) is 0 Å². The second-order valence-corrected chi connectivity index (χ2v) is 7.59. The summed E-state index contributed by atoms with van der Waals surface area (Å²) in [5, 5.41) is 1.83. The van der Waals surface area contributed by atoms with Crippen LogP contribution in [0.5, 0.6) is 0 Å². The number of ether oxygens (including phenoxy) is 2. The standard InChI is InChI=1S/C21H28N2O5S/c1-6-23-15(3)18(14(2)19(23)21(26)28-5)16(24)13-22(10-8-11-27-4)20(25)17-9-7-12-29-17/h7,9,12H,6,8,10-11,13H2,1-5H3. The molecule has 0 saturated heterocycles. The summed E-state index contributed by atoms with van der Waals surface area (Å²) in [6.45, 7) is 6.85. The largest absolute Gasteiger partial charge is 0.464 e. The molecule has 2 rings (SSSR count). The van der Waals surface area contributed by atoms with Crippen molar-refractivity contribution < 1.29 is 23.9 Å². The van der Waals surface area contributed by atoms with Gasteiger partial charge in [0.2, 0.25) is 0 Å². The first-order chi connectivity index (χ1) is 13.9. The molecule has 0 spiro atoms.